The number of carbonyl (C=O) groups is 1. The number of piperidine rings is 1. The maximum absolute atomic E-state index is 12.8. The van der Waals surface area contributed by atoms with E-state index in [1.54, 1.807) is 11.7 Å². The Balaban J connectivity index is 1.57. The second-order valence-electron chi connectivity index (χ2n) is 7.02. The quantitative estimate of drug-likeness (QED) is 0.833. The lowest BCUT2D eigenvalue weighted by Gasteiger charge is -2.44. The first kappa shape index (κ1) is 15.4. The van der Waals surface area contributed by atoms with Crippen LogP contribution in [-0.4, -0.2) is 42.7 Å². The SMILES string of the molecule is Cn1ncc2c(=O)n(CC(=O)N3CCC[C@H]4CCCC[C@@H]43)cnc21. The molecule has 2 fully saturated rings. The highest BCUT2D eigenvalue weighted by molar-refractivity contribution is 5.77. The summed E-state index contributed by atoms with van der Waals surface area (Å²) in [6.45, 7) is 0.886. The lowest BCUT2D eigenvalue weighted by atomic mass is 9.78. The molecular formula is C17H23N5O2. The van der Waals surface area contributed by atoms with Gasteiger partial charge in [0, 0.05) is 19.6 Å². The summed E-state index contributed by atoms with van der Waals surface area (Å²) in [6.07, 6.45) is 10.1. The Morgan fingerprint density at radius 1 is 1.25 bits per heavy atom. The number of carbonyl (C=O) groups excluding carboxylic acids is 1. The van der Waals surface area contributed by atoms with Gasteiger partial charge in [0.2, 0.25) is 5.91 Å². The second-order valence-corrected chi connectivity index (χ2v) is 7.02. The molecule has 2 aromatic heterocycles. The summed E-state index contributed by atoms with van der Waals surface area (Å²) in [7, 11) is 1.75. The number of aryl methyl sites for hydroxylation is 1. The van der Waals surface area contributed by atoms with Gasteiger partial charge in [0.1, 0.15) is 18.3 Å². The molecule has 0 unspecified atom stereocenters. The van der Waals surface area contributed by atoms with Crippen LogP contribution >= 0.6 is 0 Å². The van der Waals surface area contributed by atoms with Crippen LogP contribution in [-0.2, 0) is 18.4 Å². The molecule has 7 heteroatoms. The van der Waals surface area contributed by atoms with E-state index in [2.05, 4.69) is 10.1 Å². The van der Waals surface area contributed by atoms with Crippen molar-refractivity contribution < 1.29 is 4.79 Å². The van der Waals surface area contributed by atoms with E-state index in [1.165, 1.54) is 42.8 Å². The number of likely N-dealkylation sites (tertiary alicyclic amines) is 1. The first-order chi connectivity index (χ1) is 11.6. The molecule has 0 aromatic carbocycles. The van der Waals surface area contributed by atoms with Crippen molar-refractivity contribution in [2.45, 2.75) is 51.1 Å². The largest absolute Gasteiger partial charge is 0.338 e. The van der Waals surface area contributed by atoms with Gasteiger partial charge in [-0.25, -0.2) is 4.98 Å². The molecular weight excluding hydrogens is 306 g/mol. The van der Waals surface area contributed by atoms with Crippen molar-refractivity contribution in [1.82, 2.24) is 24.2 Å². The molecule has 0 spiro atoms. The van der Waals surface area contributed by atoms with Crippen molar-refractivity contribution in [3.05, 3.63) is 22.9 Å². The van der Waals surface area contributed by atoms with Gasteiger partial charge in [0.15, 0.2) is 5.65 Å². The van der Waals surface area contributed by atoms with Crippen LogP contribution in [0.5, 0.6) is 0 Å². The van der Waals surface area contributed by atoms with Crippen molar-refractivity contribution in [2.75, 3.05) is 6.54 Å². The van der Waals surface area contributed by atoms with Crippen molar-refractivity contribution in [2.24, 2.45) is 13.0 Å². The topological polar surface area (TPSA) is 73.0 Å². The fourth-order valence-electron chi connectivity index (χ4n) is 4.35. The Bertz CT molecular complexity index is 822. The number of amides is 1. The zero-order chi connectivity index (χ0) is 16.7. The van der Waals surface area contributed by atoms with Crippen molar-refractivity contribution in [3.63, 3.8) is 0 Å². The smallest absolute Gasteiger partial charge is 0.264 e. The first-order valence-corrected chi connectivity index (χ1v) is 8.82. The van der Waals surface area contributed by atoms with Gasteiger partial charge in [-0.15, -0.1) is 0 Å². The van der Waals surface area contributed by atoms with Crippen LogP contribution in [0.4, 0.5) is 0 Å². The van der Waals surface area contributed by atoms with Crippen molar-refractivity contribution in [1.29, 1.82) is 0 Å². The summed E-state index contributed by atoms with van der Waals surface area (Å²) in [4.78, 5) is 31.7. The second kappa shape index (κ2) is 6.03. The summed E-state index contributed by atoms with van der Waals surface area (Å²) < 4.78 is 2.99. The summed E-state index contributed by atoms with van der Waals surface area (Å²) in [5.74, 6) is 0.686. The van der Waals surface area contributed by atoms with Gasteiger partial charge in [0.25, 0.3) is 5.56 Å². The van der Waals surface area contributed by atoms with E-state index < -0.39 is 0 Å². The summed E-state index contributed by atoms with van der Waals surface area (Å²) in [5.41, 5.74) is 0.354. The number of aromatic nitrogens is 4. The number of hydrogen-bond donors (Lipinski definition) is 0. The third kappa shape index (κ3) is 2.52. The van der Waals surface area contributed by atoms with E-state index in [0.29, 0.717) is 23.0 Å². The minimum Gasteiger partial charge on any atom is -0.338 e. The maximum Gasteiger partial charge on any atom is 0.264 e. The lowest BCUT2D eigenvalue weighted by molar-refractivity contribution is -0.138. The minimum atomic E-state index is -0.196. The standard InChI is InChI=1S/C17H23N5O2/c1-20-16-13(9-19-20)17(24)21(11-18-16)10-15(23)22-8-4-6-12-5-2-3-7-14(12)22/h9,11-12,14H,2-8,10H2,1H3/t12-,14+/m1/s1. The molecule has 1 saturated carbocycles. The molecule has 128 valence electrons. The van der Waals surface area contributed by atoms with E-state index in [9.17, 15) is 9.59 Å². The molecule has 1 aliphatic carbocycles. The molecule has 2 aromatic rings. The normalized spacial score (nSPS) is 24.1. The lowest BCUT2D eigenvalue weighted by Crippen LogP contribution is -2.51. The molecule has 3 heterocycles. The Hall–Kier alpha value is -2.18. The van der Waals surface area contributed by atoms with E-state index in [1.807, 2.05) is 4.90 Å². The zero-order valence-corrected chi connectivity index (χ0v) is 14.0. The molecule has 7 nitrogen and oxygen atoms in total. The van der Waals surface area contributed by atoms with Crippen LogP contribution < -0.4 is 5.56 Å². The van der Waals surface area contributed by atoms with Crippen molar-refractivity contribution in [3.8, 4) is 0 Å². The number of nitrogens with zero attached hydrogens (tertiary/aromatic N) is 5. The molecule has 1 aliphatic heterocycles. The van der Waals surface area contributed by atoms with Crippen LogP contribution in [0.25, 0.3) is 11.0 Å². The van der Waals surface area contributed by atoms with Gasteiger partial charge in [-0.05, 0) is 31.6 Å². The Kier molecular flexibility index (Phi) is 3.86. The fourth-order valence-corrected chi connectivity index (χ4v) is 4.35. The molecule has 2 atom stereocenters. The molecule has 0 bridgehead atoms. The van der Waals surface area contributed by atoms with Crippen molar-refractivity contribution >= 4 is 16.9 Å². The van der Waals surface area contributed by atoms with Crippen LogP contribution in [0.2, 0.25) is 0 Å². The molecule has 0 radical (unpaired) electrons. The van der Waals surface area contributed by atoms with Gasteiger partial charge in [-0.1, -0.05) is 12.8 Å². The Morgan fingerprint density at radius 2 is 2.04 bits per heavy atom. The molecule has 24 heavy (non-hydrogen) atoms. The molecule has 4 rings (SSSR count). The third-order valence-corrected chi connectivity index (χ3v) is 5.59. The number of hydrogen-bond acceptors (Lipinski definition) is 4. The molecule has 0 N–H and O–H groups in total. The Morgan fingerprint density at radius 3 is 2.92 bits per heavy atom. The van der Waals surface area contributed by atoms with Gasteiger partial charge in [0.05, 0.1) is 6.20 Å². The highest BCUT2D eigenvalue weighted by atomic mass is 16.2. The number of fused-ring (bicyclic) bond motifs is 2. The first-order valence-electron chi connectivity index (χ1n) is 8.82. The highest BCUT2D eigenvalue weighted by Gasteiger charge is 2.35. The van der Waals surface area contributed by atoms with E-state index in [0.717, 1.165) is 19.4 Å². The molecule has 1 amide bonds. The van der Waals surface area contributed by atoms with E-state index in [-0.39, 0.29) is 18.0 Å². The Labute approximate surface area is 140 Å². The van der Waals surface area contributed by atoms with E-state index >= 15 is 0 Å². The van der Waals surface area contributed by atoms with E-state index in [4.69, 9.17) is 0 Å². The highest BCUT2D eigenvalue weighted by Crippen LogP contribution is 2.35. The summed E-state index contributed by atoms with van der Waals surface area (Å²) in [5, 5.41) is 4.53. The van der Waals surface area contributed by atoms with Gasteiger partial charge >= 0.3 is 0 Å². The monoisotopic (exact) mass is 329 g/mol. The van der Waals surface area contributed by atoms with Gasteiger partial charge in [-0.3, -0.25) is 18.8 Å². The predicted octanol–water partition coefficient (Wildman–Crippen LogP) is 1.31. The summed E-state index contributed by atoms with van der Waals surface area (Å²) >= 11 is 0. The van der Waals surface area contributed by atoms with Gasteiger partial charge < -0.3 is 4.90 Å². The van der Waals surface area contributed by atoms with Gasteiger partial charge in [-0.2, -0.15) is 5.10 Å². The van der Waals surface area contributed by atoms with Crippen LogP contribution in [0.1, 0.15) is 38.5 Å². The molecule has 2 aliphatic rings. The minimum absolute atomic E-state index is 0.0405. The third-order valence-electron chi connectivity index (χ3n) is 5.59. The van der Waals surface area contributed by atoms with Crippen LogP contribution in [0.3, 0.4) is 0 Å². The fraction of sp³-hybridized carbons (Fsp3) is 0.647. The maximum atomic E-state index is 12.8. The summed E-state index contributed by atoms with van der Waals surface area (Å²) in [6, 6.07) is 0.366. The number of rotatable bonds is 2. The average Bonchev–Trinajstić information content (AvgIpc) is 2.98. The van der Waals surface area contributed by atoms with Crippen LogP contribution in [0.15, 0.2) is 17.3 Å². The van der Waals surface area contributed by atoms with Crippen LogP contribution in [0, 0.1) is 5.92 Å². The molecule has 1 saturated heterocycles. The average molecular weight is 329 g/mol. The zero-order valence-electron chi connectivity index (χ0n) is 14.0. The predicted molar refractivity (Wildman–Crippen MR) is 89.5 cm³/mol.